The number of aliphatic carboxylic acids is 1. The van der Waals surface area contributed by atoms with Gasteiger partial charge in [-0.05, 0) is 31.0 Å². The van der Waals surface area contributed by atoms with Crippen molar-refractivity contribution < 1.29 is 14.7 Å². The number of benzene rings is 1. The third kappa shape index (κ3) is 3.39. The number of hydrogen-bond donors (Lipinski definition) is 3. The van der Waals surface area contributed by atoms with Crippen molar-refractivity contribution in [3.63, 3.8) is 0 Å². The molecule has 3 N–H and O–H groups in total. The number of carbonyl (C=O) groups is 2. The van der Waals surface area contributed by atoms with E-state index in [0.29, 0.717) is 12.1 Å². The van der Waals surface area contributed by atoms with Gasteiger partial charge in [0.25, 0.3) is 0 Å². The number of urea groups is 1. The third-order valence-electron chi connectivity index (χ3n) is 3.23. The Bertz CT molecular complexity index is 572. The van der Waals surface area contributed by atoms with Gasteiger partial charge in [-0.2, -0.15) is 0 Å². The second-order valence-electron chi connectivity index (χ2n) is 4.68. The minimum atomic E-state index is -0.867. The Hall–Kier alpha value is -1.82. The van der Waals surface area contributed by atoms with E-state index in [-0.39, 0.29) is 12.1 Å². The molecule has 2 rings (SSSR count). The molecule has 2 unspecified atom stereocenters. The van der Waals surface area contributed by atoms with Crippen molar-refractivity contribution in [2.75, 3.05) is 5.32 Å². The molecule has 0 bridgehead atoms. The van der Waals surface area contributed by atoms with Crippen LogP contribution < -0.4 is 10.6 Å². The van der Waals surface area contributed by atoms with Gasteiger partial charge in [-0.25, -0.2) is 4.79 Å². The van der Waals surface area contributed by atoms with Gasteiger partial charge in [-0.1, -0.05) is 34.1 Å². The van der Waals surface area contributed by atoms with Crippen molar-refractivity contribution >= 4 is 33.6 Å². The van der Waals surface area contributed by atoms with Crippen LogP contribution in [-0.4, -0.2) is 23.1 Å². The molecule has 0 heterocycles. The molecule has 0 radical (unpaired) electrons. The number of amides is 2. The molecule has 1 aliphatic carbocycles. The fourth-order valence-electron chi connectivity index (χ4n) is 2.06. The lowest BCUT2D eigenvalue weighted by Crippen LogP contribution is -2.36. The van der Waals surface area contributed by atoms with Crippen molar-refractivity contribution in [1.29, 1.82) is 0 Å². The standard InChI is InChI=1S/C14H15BrN2O3/c1-8-11(15)3-2-4-12(8)17-14(20)16-10-6-5-9(7-10)13(18)19/h2-6,9-10H,7H2,1H3,(H,18,19)(H2,16,17,20). The maximum absolute atomic E-state index is 11.9. The molecule has 0 saturated carbocycles. The van der Waals surface area contributed by atoms with Gasteiger partial charge in [0.05, 0.1) is 12.0 Å². The molecule has 1 aromatic carbocycles. The number of carboxylic acids is 1. The summed E-state index contributed by atoms with van der Waals surface area (Å²) < 4.78 is 0.919. The minimum Gasteiger partial charge on any atom is -0.481 e. The van der Waals surface area contributed by atoms with Gasteiger partial charge in [-0.15, -0.1) is 0 Å². The van der Waals surface area contributed by atoms with Gasteiger partial charge in [0.15, 0.2) is 0 Å². The number of anilines is 1. The molecule has 2 amide bonds. The predicted molar refractivity (Wildman–Crippen MR) is 79.7 cm³/mol. The molecule has 0 aliphatic heterocycles. The van der Waals surface area contributed by atoms with E-state index < -0.39 is 11.9 Å². The second kappa shape index (κ2) is 6.09. The van der Waals surface area contributed by atoms with Crippen molar-refractivity contribution in [3.8, 4) is 0 Å². The molecule has 1 aromatic rings. The van der Waals surface area contributed by atoms with E-state index in [1.54, 1.807) is 12.2 Å². The summed E-state index contributed by atoms with van der Waals surface area (Å²) in [7, 11) is 0. The van der Waals surface area contributed by atoms with Crippen LogP contribution in [0.25, 0.3) is 0 Å². The molecule has 1 aliphatic rings. The smallest absolute Gasteiger partial charge is 0.319 e. The SMILES string of the molecule is Cc1c(Br)cccc1NC(=O)NC1C=CC(C(=O)O)C1. The van der Waals surface area contributed by atoms with Crippen LogP contribution in [0.3, 0.4) is 0 Å². The lowest BCUT2D eigenvalue weighted by Gasteiger charge is -2.14. The quantitative estimate of drug-likeness (QED) is 0.741. The average molecular weight is 339 g/mol. The molecule has 20 heavy (non-hydrogen) atoms. The summed E-state index contributed by atoms with van der Waals surface area (Å²) in [6.07, 6.45) is 3.71. The summed E-state index contributed by atoms with van der Waals surface area (Å²) in [5.41, 5.74) is 1.65. The molecule has 0 aromatic heterocycles. The maximum Gasteiger partial charge on any atom is 0.319 e. The van der Waals surface area contributed by atoms with Gasteiger partial charge >= 0.3 is 12.0 Å². The van der Waals surface area contributed by atoms with E-state index in [1.807, 2.05) is 25.1 Å². The van der Waals surface area contributed by atoms with E-state index in [2.05, 4.69) is 26.6 Å². The zero-order valence-electron chi connectivity index (χ0n) is 10.9. The largest absolute Gasteiger partial charge is 0.481 e. The molecule has 6 heteroatoms. The Kier molecular flexibility index (Phi) is 4.44. The van der Waals surface area contributed by atoms with Gasteiger partial charge in [-0.3, -0.25) is 4.79 Å². The Labute approximate surface area is 125 Å². The highest BCUT2D eigenvalue weighted by Crippen LogP contribution is 2.23. The van der Waals surface area contributed by atoms with Gasteiger partial charge < -0.3 is 15.7 Å². The van der Waals surface area contributed by atoms with Crippen molar-refractivity contribution in [2.24, 2.45) is 5.92 Å². The summed E-state index contributed by atoms with van der Waals surface area (Å²) >= 11 is 3.40. The van der Waals surface area contributed by atoms with Crippen LogP contribution in [0.1, 0.15) is 12.0 Å². The number of nitrogens with one attached hydrogen (secondary N) is 2. The first kappa shape index (κ1) is 14.6. The molecule has 0 spiro atoms. The number of halogens is 1. The van der Waals surface area contributed by atoms with Crippen LogP contribution >= 0.6 is 15.9 Å². The van der Waals surface area contributed by atoms with Crippen LogP contribution in [0.2, 0.25) is 0 Å². The van der Waals surface area contributed by atoms with Crippen molar-refractivity contribution in [3.05, 3.63) is 40.4 Å². The third-order valence-corrected chi connectivity index (χ3v) is 4.09. The van der Waals surface area contributed by atoms with E-state index >= 15 is 0 Å². The minimum absolute atomic E-state index is 0.247. The van der Waals surface area contributed by atoms with E-state index in [0.717, 1.165) is 10.0 Å². The Morgan fingerprint density at radius 2 is 2.10 bits per heavy atom. The van der Waals surface area contributed by atoms with Gasteiger partial charge in [0.1, 0.15) is 0 Å². The summed E-state index contributed by atoms with van der Waals surface area (Å²) in [5.74, 6) is -1.39. The van der Waals surface area contributed by atoms with Gasteiger partial charge in [0, 0.05) is 10.2 Å². The molecule has 106 valence electrons. The molecule has 2 atom stereocenters. The van der Waals surface area contributed by atoms with Crippen LogP contribution in [0, 0.1) is 12.8 Å². The zero-order chi connectivity index (χ0) is 14.7. The normalized spacial score (nSPS) is 20.7. The fourth-order valence-corrected chi connectivity index (χ4v) is 2.42. The lowest BCUT2D eigenvalue weighted by atomic mass is 10.1. The fraction of sp³-hybridized carbons (Fsp3) is 0.286. The van der Waals surface area contributed by atoms with Crippen molar-refractivity contribution in [2.45, 2.75) is 19.4 Å². The first-order chi connectivity index (χ1) is 9.47. The Balaban J connectivity index is 1.92. The van der Waals surface area contributed by atoms with Crippen molar-refractivity contribution in [1.82, 2.24) is 5.32 Å². The first-order valence-corrected chi connectivity index (χ1v) is 7.00. The lowest BCUT2D eigenvalue weighted by molar-refractivity contribution is -0.140. The number of carboxylic acid groups (broad SMARTS) is 1. The number of hydrogen-bond acceptors (Lipinski definition) is 2. The molecule has 0 saturated heterocycles. The summed E-state index contributed by atoms with van der Waals surface area (Å²) in [6.45, 7) is 1.90. The summed E-state index contributed by atoms with van der Waals surface area (Å²) in [4.78, 5) is 22.7. The second-order valence-corrected chi connectivity index (χ2v) is 5.54. The van der Waals surface area contributed by atoms with E-state index in [1.165, 1.54) is 0 Å². The topological polar surface area (TPSA) is 78.4 Å². The van der Waals surface area contributed by atoms with Gasteiger partial charge in [0.2, 0.25) is 0 Å². The van der Waals surface area contributed by atoms with Crippen LogP contribution in [-0.2, 0) is 4.79 Å². The average Bonchev–Trinajstić information content (AvgIpc) is 2.83. The Morgan fingerprint density at radius 1 is 1.35 bits per heavy atom. The number of rotatable bonds is 3. The summed E-state index contributed by atoms with van der Waals surface area (Å²) in [6, 6.07) is 4.96. The van der Waals surface area contributed by atoms with E-state index in [9.17, 15) is 9.59 Å². The highest BCUT2D eigenvalue weighted by Gasteiger charge is 2.25. The van der Waals surface area contributed by atoms with Crippen LogP contribution in [0.5, 0.6) is 0 Å². The molecule has 5 nitrogen and oxygen atoms in total. The predicted octanol–water partition coefficient (Wildman–Crippen LogP) is 2.91. The molecule has 0 fully saturated rings. The molecular formula is C14H15BrN2O3. The van der Waals surface area contributed by atoms with Crippen LogP contribution in [0.4, 0.5) is 10.5 Å². The highest BCUT2D eigenvalue weighted by atomic mass is 79.9. The Morgan fingerprint density at radius 3 is 2.75 bits per heavy atom. The maximum atomic E-state index is 11.9. The monoisotopic (exact) mass is 338 g/mol. The highest BCUT2D eigenvalue weighted by molar-refractivity contribution is 9.10. The zero-order valence-corrected chi connectivity index (χ0v) is 12.5. The van der Waals surface area contributed by atoms with E-state index in [4.69, 9.17) is 5.11 Å². The number of carbonyl (C=O) groups excluding carboxylic acids is 1. The van der Waals surface area contributed by atoms with Crippen LogP contribution in [0.15, 0.2) is 34.8 Å². The summed E-state index contributed by atoms with van der Waals surface area (Å²) in [5, 5.41) is 14.4. The first-order valence-electron chi connectivity index (χ1n) is 6.21. The molecular weight excluding hydrogens is 324 g/mol.